The summed E-state index contributed by atoms with van der Waals surface area (Å²) in [6.45, 7) is 0.688. The number of halogens is 2. The van der Waals surface area contributed by atoms with Crippen molar-refractivity contribution in [1.29, 1.82) is 0 Å². The predicted octanol–water partition coefficient (Wildman–Crippen LogP) is 5.43. The molecular formula is C19H20Cl2N2O. The molecule has 2 aromatic carbocycles. The van der Waals surface area contributed by atoms with Crippen molar-refractivity contribution in [3.63, 3.8) is 0 Å². The molecule has 0 aliphatic heterocycles. The first kappa shape index (κ1) is 17.2. The van der Waals surface area contributed by atoms with Crippen LogP contribution in [0, 0.1) is 0 Å². The van der Waals surface area contributed by atoms with Gasteiger partial charge in [-0.05, 0) is 55.6 Å². The second kappa shape index (κ2) is 7.47. The Hall–Kier alpha value is -1.68. The van der Waals surface area contributed by atoms with Crippen LogP contribution in [0.1, 0.15) is 18.4 Å². The summed E-state index contributed by atoms with van der Waals surface area (Å²) in [5.41, 5.74) is 9.81. The first-order chi connectivity index (χ1) is 11.7. The zero-order valence-corrected chi connectivity index (χ0v) is 15.0. The molecule has 0 saturated carbocycles. The SMILES string of the molecule is COc1ccccc1-c1[nH]c2c(Cl)cc(Cl)cc2c1CCCCN. The van der Waals surface area contributed by atoms with E-state index in [1.54, 1.807) is 13.2 Å². The highest BCUT2D eigenvalue weighted by atomic mass is 35.5. The first-order valence-electron chi connectivity index (χ1n) is 7.98. The Labute approximate surface area is 151 Å². The largest absolute Gasteiger partial charge is 0.496 e. The summed E-state index contributed by atoms with van der Waals surface area (Å²) < 4.78 is 5.53. The van der Waals surface area contributed by atoms with Crippen molar-refractivity contribution in [3.8, 4) is 17.0 Å². The van der Waals surface area contributed by atoms with E-state index in [1.807, 2.05) is 30.3 Å². The Bertz CT molecular complexity index is 858. The molecular weight excluding hydrogens is 343 g/mol. The Morgan fingerprint density at radius 2 is 1.92 bits per heavy atom. The number of rotatable bonds is 6. The summed E-state index contributed by atoms with van der Waals surface area (Å²) in [5, 5.41) is 2.32. The van der Waals surface area contributed by atoms with Gasteiger partial charge in [0.2, 0.25) is 0 Å². The highest BCUT2D eigenvalue weighted by Gasteiger charge is 2.18. The van der Waals surface area contributed by atoms with Crippen LogP contribution in [-0.2, 0) is 6.42 Å². The minimum absolute atomic E-state index is 0.624. The van der Waals surface area contributed by atoms with Crippen molar-refractivity contribution in [2.24, 2.45) is 5.73 Å². The molecule has 0 bridgehead atoms. The van der Waals surface area contributed by atoms with E-state index in [1.165, 1.54) is 5.56 Å². The van der Waals surface area contributed by atoms with E-state index in [4.69, 9.17) is 33.7 Å². The van der Waals surface area contributed by atoms with Gasteiger partial charge >= 0.3 is 0 Å². The molecule has 3 nitrogen and oxygen atoms in total. The summed E-state index contributed by atoms with van der Waals surface area (Å²) in [4.78, 5) is 3.48. The van der Waals surface area contributed by atoms with Gasteiger partial charge in [0.15, 0.2) is 0 Å². The fraction of sp³-hybridized carbons (Fsp3) is 0.263. The zero-order chi connectivity index (χ0) is 17.1. The van der Waals surface area contributed by atoms with Crippen molar-refractivity contribution in [1.82, 2.24) is 4.98 Å². The molecule has 24 heavy (non-hydrogen) atoms. The maximum Gasteiger partial charge on any atom is 0.128 e. The number of fused-ring (bicyclic) bond motifs is 1. The topological polar surface area (TPSA) is 51.0 Å². The van der Waals surface area contributed by atoms with Gasteiger partial charge in [-0.2, -0.15) is 0 Å². The number of H-pyrrole nitrogens is 1. The molecule has 0 atom stereocenters. The third-order valence-electron chi connectivity index (χ3n) is 4.19. The van der Waals surface area contributed by atoms with Gasteiger partial charge in [0, 0.05) is 16.0 Å². The van der Waals surface area contributed by atoms with Crippen molar-refractivity contribution < 1.29 is 4.74 Å². The number of aryl methyl sites for hydroxylation is 1. The monoisotopic (exact) mass is 362 g/mol. The Kier molecular flexibility index (Phi) is 5.34. The molecule has 0 saturated heterocycles. The lowest BCUT2D eigenvalue weighted by Crippen LogP contribution is -1.99. The minimum Gasteiger partial charge on any atom is -0.496 e. The Balaban J connectivity index is 2.22. The lowest BCUT2D eigenvalue weighted by Gasteiger charge is -2.09. The van der Waals surface area contributed by atoms with Gasteiger partial charge in [0.25, 0.3) is 0 Å². The van der Waals surface area contributed by atoms with Gasteiger partial charge in [-0.3, -0.25) is 0 Å². The van der Waals surface area contributed by atoms with Crippen LogP contribution in [0.3, 0.4) is 0 Å². The Morgan fingerprint density at radius 3 is 2.67 bits per heavy atom. The molecule has 0 radical (unpaired) electrons. The van der Waals surface area contributed by atoms with Crippen LogP contribution in [0.15, 0.2) is 36.4 Å². The zero-order valence-electron chi connectivity index (χ0n) is 13.5. The molecule has 0 unspecified atom stereocenters. The van der Waals surface area contributed by atoms with Crippen molar-refractivity contribution in [3.05, 3.63) is 52.0 Å². The molecule has 0 amide bonds. The number of methoxy groups -OCH3 is 1. The van der Waals surface area contributed by atoms with Gasteiger partial charge in [0.1, 0.15) is 5.75 Å². The van der Waals surface area contributed by atoms with Gasteiger partial charge in [-0.1, -0.05) is 35.3 Å². The highest BCUT2D eigenvalue weighted by Crippen LogP contribution is 2.39. The normalized spacial score (nSPS) is 11.2. The lowest BCUT2D eigenvalue weighted by atomic mass is 10.00. The molecule has 5 heteroatoms. The third kappa shape index (κ3) is 3.25. The van der Waals surface area contributed by atoms with Gasteiger partial charge in [-0.15, -0.1) is 0 Å². The van der Waals surface area contributed by atoms with Crippen molar-refractivity contribution >= 4 is 34.1 Å². The molecule has 3 rings (SSSR count). The number of hydrogen-bond donors (Lipinski definition) is 2. The van der Waals surface area contributed by atoms with E-state index in [-0.39, 0.29) is 0 Å². The van der Waals surface area contributed by atoms with Crippen molar-refractivity contribution in [2.75, 3.05) is 13.7 Å². The number of nitrogens with one attached hydrogen (secondary N) is 1. The number of hydrogen-bond acceptors (Lipinski definition) is 2. The summed E-state index contributed by atoms with van der Waals surface area (Å²) in [7, 11) is 1.68. The van der Waals surface area contributed by atoms with Crippen LogP contribution in [0.4, 0.5) is 0 Å². The fourth-order valence-electron chi connectivity index (χ4n) is 3.06. The standard InChI is InChI=1S/C19H20Cl2N2O/c1-24-17-8-3-2-7-14(17)18-13(6-4-5-9-22)15-10-12(20)11-16(21)19(15)23-18/h2-3,7-8,10-11,23H,4-6,9,22H2,1H3. The number of aromatic amines is 1. The van der Waals surface area contributed by atoms with E-state index in [0.29, 0.717) is 16.6 Å². The molecule has 126 valence electrons. The molecule has 1 heterocycles. The van der Waals surface area contributed by atoms with Gasteiger partial charge in [-0.25, -0.2) is 0 Å². The molecule has 0 fully saturated rings. The average Bonchev–Trinajstić information content (AvgIpc) is 2.94. The number of nitrogens with two attached hydrogens (primary N) is 1. The number of para-hydroxylation sites is 1. The van der Waals surface area contributed by atoms with E-state index < -0.39 is 0 Å². The van der Waals surface area contributed by atoms with E-state index in [9.17, 15) is 0 Å². The number of aromatic nitrogens is 1. The molecule has 3 aromatic rings. The molecule has 0 aliphatic carbocycles. The second-order valence-corrected chi connectivity index (χ2v) is 6.58. The first-order valence-corrected chi connectivity index (χ1v) is 8.74. The molecule has 1 aromatic heterocycles. The van der Waals surface area contributed by atoms with E-state index in [0.717, 1.165) is 47.2 Å². The summed E-state index contributed by atoms with van der Waals surface area (Å²) in [6.07, 6.45) is 2.89. The van der Waals surface area contributed by atoms with Crippen LogP contribution >= 0.6 is 23.2 Å². The number of unbranched alkanes of at least 4 members (excludes halogenated alkanes) is 1. The minimum atomic E-state index is 0.624. The predicted molar refractivity (Wildman–Crippen MR) is 102 cm³/mol. The number of ether oxygens (including phenoxy) is 1. The molecule has 0 spiro atoms. The summed E-state index contributed by atoms with van der Waals surface area (Å²) in [5.74, 6) is 0.825. The summed E-state index contributed by atoms with van der Waals surface area (Å²) in [6, 6.07) is 11.7. The molecule has 3 N–H and O–H groups in total. The fourth-order valence-corrected chi connectivity index (χ4v) is 3.60. The average molecular weight is 363 g/mol. The van der Waals surface area contributed by atoms with Crippen molar-refractivity contribution in [2.45, 2.75) is 19.3 Å². The number of benzene rings is 2. The maximum absolute atomic E-state index is 6.40. The van der Waals surface area contributed by atoms with Crippen LogP contribution in [0.2, 0.25) is 10.0 Å². The van der Waals surface area contributed by atoms with Crippen LogP contribution in [-0.4, -0.2) is 18.6 Å². The smallest absolute Gasteiger partial charge is 0.128 e. The van der Waals surface area contributed by atoms with E-state index in [2.05, 4.69) is 4.98 Å². The van der Waals surface area contributed by atoms with Crippen LogP contribution < -0.4 is 10.5 Å². The lowest BCUT2D eigenvalue weighted by molar-refractivity contribution is 0.416. The van der Waals surface area contributed by atoms with Gasteiger partial charge in [0.05, 0.1) is 23.3 Å². The van der Waals surface area contributed by atoms with Crippen LogP contribution in [0.25, 0.3) is 22.2 Å². The maximum atomic E-state index is 6.40. The summed E-state index contributed by atoms with van der Waals surface area (Å²) >= 11 is 12.6. The van der Waals surface area contributed by atoms with Crippen LogP contribution in [0.5, 0.6) is 5.75 Å². The van der Waals surface area contributed by atoms with E-state index >= 15 is 0 Å². The third-order valence-corrected chi connectivity index (χ3v) is 4.71. The molecule has 0 aliphatic rings. The highest BCUT2D eigenvalue weighted by molar-refractivity contribution is 6.38. The quantitative estimate of drug-likeness (QED) is 0.574. The second-order valence-electron chi connectivity index (χ2n) is 5.73. The Morgan fingerprint density at radius 1 is 1.12 bits per heavy atom. The van der Waals surface area contributed by atoms with Gasteiger partial charge < -0.3 is 15.5 Å².